The van der Waals surface area contributed by atoms with Crippen LogP contribution in [0.2, 0.25) is 0 Å². The predicted octanol–water partition coefficient (Wildman–Crippen LogP) is 0.913. The average Bonchev–Trinajstić information content (AvgIpc) is 2.04. The smallest absolute Gasteiger partial charge is 0.131 e. The van der Waals surface area contributed by atoms with Gasteiger partial charge in [0.1, 0.15) is 11.6 Å². The second-order valence-electron chi connectivity index (χ2n) is 2.79. The summed E-state index contributed by atoms with van der Waals surface area (Å²) in [5, 5.41) is 17.9. The van der Waals surface area contributed by atoms with Crippen LogP contribution in [0.1, 0.15) is 18.0 Å². The summed E-state index contributed by atoms with van der Waals surface area (Å²) in [5.41, 5.74) is 5.61. The van der Waals surface area contributed by atoms with E-state index in [9.17, 15) is 9.50 Å². The molecule has 0 saturated carbocycles. The van der Waals surface area contributed by atoms with Crippen LogP contribution in [0.5, 0.6) is 5.75 Å². The van der Waals surface area contributed by atoms with Gasteiger partial charge in [-0.05, 0) is 18.6 Å². The lowest BCUT2D eigenvalue weighted by molar-refractivity contribution is 0.274. The second-order valence-corrected chi connectivity index (χ2v) is 2.79. The van der Waals surface area contributed by atoms with E-state index in [-0.39, 0.29) is 24.3 Å². The van der Waals surface area contributed by atoms with Crippen molar-refractivity contribution in [2.75, 3.05) is 6.61 Å². The van der Waals surface area contributed by atoms with Crippen molar-refractivity contribution in [3.05, 3.63) is 29.6 Å². The molecule has 0 bridgehead atoms. The van der Waals surface area contributed by atoms with Crippen LogP contribution in [-0.2, 0) is 0 Å². The monoisotopic (exact) mass is 185 g/mol. The summed E-state index contributed by atoms with van der Waals surface area (Å²) < 4.78 is 13.1. The molecule has 0 radical (unpaired) electrons. The molecule has 13 heavy (non-hydrogen) atoms. The van der Waals surface area contributed by atoms with Gasteiger partial charge in [-0.3, -0.25) is 0 Å². The molecule has 0 aliphatic heterocycles. The fraction of sp³-hybridized carbons (Fsp3) is 0.333. The van der Waals surface area contributed by atoms with Gasteiger partial charge in [-0.15, -0.1) is 0 Å². The number of nitrogens with two attached hydrogens (primary N) is 1. The molecule has 0 saturated heterocycles. The van der Waals surface area contributed by atoms with Gasteiger partial charge in [0.05, 0.1) is 0 Å². The van der Waals surface area contributed by atoms with Crippen LogP contribution in [0.15, 0.2) is 18.2 Å². The van der Waals surface area contributed by atoms with E-state index >= 15 is 0 Å². The summed E-state index contributed by atoms with van der Waals surface area (Å²) in [5.74, 6) is -0.707. The zero-order chi connectivity index (χ0) is 9.84. The number of aliphatic hydroxyl groups is 1. The van der Waals surface area contributed by atoms with Gasteiger partial charge >= 0.3 is 0 Å². The molecule has 1 aromatic carbocycles. The predicted molar refractivity (Wildman–Crippen MR) is 46.7 cm³/mol. The average molecular weight is 185 g/mol. The number of aromatic hydroxyl groups is 1. The number of hydrogen-bond donors (Lipinski definition) is 3. The number of phenols is 1. The first kappa shape index (κ1) is 9.95. The van der Waals surface area contributed by atoms with Gasteiger partial charge in [0, 0.05) is 18.2 Å². The minimum Gasteiger partial charge on any atom is -0.508 e. The maximum Gasteiger partial charge on any atom is 0.131 e. The van der Waals surface area contributed by atoms with Crippen molar-refractivity contribution in [1.82, 2.24) is 0 Å². The van der Waals surface area contributed by atoms with Gasteiger partial charge in [-0.2, -0.15) is 0 Å². The maximum atomic E-state index is 13.1. The highest BCUT2D eigenvalue weighted by Gasteiger charge is 2.14. The normalized spacial score (nSPS) is 12.8. The Kier molecular flexibility index (Phi) is 3.22. The summed E-state index contributed by atoms with van der Waals surface area (Å²) in [4.78, 5) is 0. The Bertz CT molecular complexity index is 271. The molecule has 1 unspecified atom stereocenters. The molecule has 0 aliphatic rings. The highest BCUT2D eigenvalue weighted by molar-refractivity contribution is 5.35. The minimum atomic E-state index is -0.661. The SMILES string of the molecule is NC(CCO)c1c(O)cccc1F. The molecule has 0 amide bonds. The standard InChI is InChI=1S/C9H12FNO2/c10-6-2-1-3-8(13)9(6)7(11)4-5-12/h1-3,7,12-13H,4-5,11H2. The summed E-state index contributed by atoms with van der Waals surface area (Å²) >= 11 is 0. The highest BCUT2D eigenvalue weighted by Crippen LogP contribution is 2.26. The third-order valence-electron chi connectivity index (χ3n) is 1.84. The summed E-state index contributed by atoms with van der Waals surface area (Å²) in [6, 6.07) is 3.34. The summed E-state index contributed by atoms with van der Waals surface area (Å²) in [6.45, 7) is -0.130. The first-order chi connectivity index (χ1) is 6.16. The second kappa shape index (κ2) is 4.20. The molecule has 3 nitrogen and oxygen atoms in total. The van der Waals surface area contributed by atoms with E-state index in [0.29, 0.717) is 0 Å². The van der Waals surface area contributed by atoms with Crippen molar-refractivity contribution in [2.24, 2.45) is 5.73 Å². The molecule has 0 spiro atoms. The number of rotatable bonds is 3. The molecule has 1 rings (SSSR count). The number of benzene rings is 1. The van der Waals surface area contributed by atoms with Gasteiger partial charge < -0.3 is 15.9 Å². The van der Waals surface area contributed by atoms with Crippen molar-refractivity contribution in [1.29, 1.82) is 0 Å². The molecule has 4 heteroatoms. The topological polar surface area (TPSA) is 66.5 Å². The maximum absolute atomic E-state index is 13.1. The van der Waals surface area contributed by atoms with Gasteiger partial charge in [-0.1, -0.05) is 6.07 Å². The Labute approximate surface area is 75.6 Å². The summed E-state index contributed by atoms with van der Waals surface area (Å²) in [6.07, 6.45) is 0.231. The van der Waals surface area contributed by atoms with E-state index in [2.05, 4.69) is 0 Å². The van der Waals surface area contributed by atoms with E-state index in [4.69, 9.17) is 10.8 Å². The lowest BCUT2D eigenvalue weighted by Gasteiger charge is -2.12. The number of halogens is 1. The van der Waals surface area contributed by atoms with Crippen LogP contribution in [0.4, 0.5) is 4.39 Å². The molecule has 0 aliphatic carbocycles. The van der Waals surface area contributed by atoms with E-state index in [1.165, 1.54) is 18.2 Å². The van der Waals surface area contributed by atoms with E-state index in [1.54, 1.807) is 0 Å². The first-order valence-electron chi connectivity index (χ1n) is 4.00. The van der Waals surface area contributed by atoms with E-state index in [0.717, 1.165) is 0 Å². The third kappa shape index (κ3) is 2.17. The fourth-order valence-electron chi connectivity index (χ4n) is 1.18. The first-order valence-corrected chi connectivity index (χ1v) is 4.00. The Morgan fingerprint density at radius 1 is 1.46 bits per heavy atom. The zero-order valence-electron chi connectivity index (χ0n) is 7.07. The van der Waals surface area contributed by atoms with Gasteiger partial charge in [-0.25, -0.2) is 4.39 Å². The Hall–Kier alpha value is -1.13. The molecule has 0 aromatic heterocycles. The molecule has 72 valence electrons. The van der Waals surface area contributed by atoms with Crippen molar-refractivity contribution in [2.45, 2.75) is 12.5 Å². The molecular formula is C9H12FNO2. The largest absolute Gasteiger partial charge is 0.508 e. The zero-order valence-corrected chi connectivity index (χ0v) is 7.07. The van der Waals surface area contributed by atoms with Gasteiger partial charge in [0.25, 0.3) is 0 Å². The van der Waals surface area contributed by atoms with Crippen LogP contribution < -0.4 is 5.73 Å². The van der Waals surface area contributed by atoms with Crippen molar-refractivity contribution < 1.29 is 14.6 Å². The lowest BCUT2D eigenvalue weighted by atomic mass is 10.0. The molecule has 4 N–H and O–H groups in total. The molecular weight excluding hydrogens is 173 g/mol. The Morgan fingerprint density at radius 3 is 2.69 bits per heavy atom. The number of aliphatic hydroxyl groups excluding tert-OH is 1. The Balaban J connectivity index is 2.98. The van der Waals surface area contributed by atoms with Crippen molar-refractivity contribution in [3.63, 3.8) is 0 Å². The number of phenolic OH excluding ortho intramolecular Hbond substituents is 1. The van der Waals surface area contributed by atoms with Crippen LogP contribution in [0.3, 0.4) is 0 Å². The fourth-order valence-corrected chi connectivity index (χ4v) is 1.18. The minimum absolute atomic E-state index is 0.0663. The van der Waals surface area contributed by atoms with Crippen molar-refractivity contribution >= 4 is 0 Å². The molecule has 1 atom stereocenters. The van der Waals surface area contributed by atoms with Crippen LogP contribution in [-0.4, -0.2) is 16.8 Å². The molecule has 0 fully saturated rings. The Morgan fingerprint density at radius 2 is 2.15 bits per heavy atom. The van der Waals surface area contributed by atoms with Crippen molar-refractivity contribution in [3.8, 4) is 5.75 Å². The molecule has 1 aromatic rings. The third-order valence-corrected chi connectivity index (χ3v) is 1.84. The van der Waals surface area contributed by atoms with Crippen LogP contribution in [0.25, 0.3) is 0 Å². The molecule has 0 heterocycles. The van der Waals surface area contributed by atoms with Gasteiger partial charge in [0.2, 0.25) is 0 Å². The number of hydrogen-bond acceptors (Lipinski definition) is 3. The van der Waals surface area contributed by atoms with Crippen LogP contribution >= 0.6 is 0 Å². The lowest BCUT2D eigenvalue weighted by Crippen LogP contribution is -2.13. The van der Waals surface area contributed by atoms with E-state index < -0.39 is 11.9 Å². The summed E-state index contributed by atoms with van der Waals surface area (Å²) in [7, 11) is 0. The van der Waals surface area contributed by atoms with E-state index in [1.807, 2.05) is 0 Å². The van der Waals surface area contributed by atoms with Crippen LogP contribution in [0, 0.1) is 5.82 Å². The highest BCUT2D eigenvalue weighted by atomic mass is 19.1. The quantitative estimate of drug-likeness (QED) is 0.655. The van der Waals surface area contributed by atoms with Gasteiger partial charge in [0.15, 0.2) is 0 Å².